The van der Waals surface area contributed by atoms with Crippen LogP contribution in [0, 0.1) is 11.3 Å². The van der Waals surface area contributed by atoms with Gasteiger partial charge in [0, 0.05) is 18.9 Å². The van der Waals surface area contributed by atoms with Crippen molar-refractivity contribution in [2.45, 2.75) is 19.3 Å². The Morgan fingerprint density at radius 1 is 1.77 bits per heavy atom. The van der Waals surface area contributed by atoms with Crippen molar-refractivity contribution in [1.29, 1.82) is 5.26 Å². The molecule has 1 aromatic rings. The van der Waals surface area contributed by atoms with E-state index in [1.807, 2.05) is 6.07 Å². The molecule has 1 N–H and O–H groups in total. The fourth-order valence-electron chi connectivity index (χ4n) is 0.810. The van der Waals surface area contributed by atoms with E-state index in [4.69, 9.17) is 5.26 Å². The lowest BCUT2D eigenvalue weighted by molar-refractivity contribution is -0.116. The van der Waals surface area contributed by atoms with Gasteiger partial charge in [0.15, 0.2) is 5.82 Å². The lowest BCUT2D eigenvalue weighted by Gasteiger charge is -1.97. The monoisotopic (exact) mass is 179 g/mol. The van der Waals surface area contributed by atoms with Crippen LogP contribution in [0.2, 0.25) is 0 Å². The van der Waals surface area contributed by atoms with Crippen molar-refractivity contribution < 1.29 is 9.32 Å². The fraction of sp³-hybridized carbons (Fsp3) is 0.375. The van der Waals surface area contributed by atoms with Gasteiger partial charge in [-0.05, 0) is 6.42 Å². The number of amides is 1. The highest BCUT2D eigenvalue weighted by Crippen LogP contribution is 2.03. The van der Waals surface area contributed by atoms with Gasteiger partial charge in [-0.1, -0.05) is 5.16 Å². The first kappa shape index (κ1) is 9.26. The van der Waals surface area contributed by atoms with E-state index < -0.39 is 0 Å². The molecule has 5 nitrogen and oxygen atoms in total. The summed E-state index contributed by atoms with van der Waals surface area (Å²) < 4.78 is 4.52. The van der Waals surface area contributed by atoms with E-state index in [2.05, 4.69) is 15.0 Å². The summed E-state index contributed by atoms with van der Waals surface area (Å²) in [5.74, 6) is 0.256. The number of carbonyl (C=O) groups excluding carboxylic acids is 1. The topological polar surface area (TPSA) is 78.9 Å². The molecule has 0 saturated carbocycles. The Labute approximate surface area is 75.3 Å². The van der Waals surface area contributed by atoms with Crippen LogP contribution in [0.25, 0.3) is 0 Å². The van der Waals surface area contributed by atoms with Crippen LogP contribution in [0.3, 0.4) is 0 Å². The molecule has 0 radical (unpaired) electrons. The SMILES string of the molecule is N#CCCCC(=O)Nc1ccon1. The van der Waals surface area contributed by atoms with Crippen molar-refractivity contribution in [2.75, 3.05) is 5.32 Å². The molecule has 0 bridgehead atoms. The molecule has 1 amide bonds. The van der Waals surface area contributed by atoms with Gasteiger partial charge in [-0.3, -0.25) is 4.79 Å². The summed E-state index contributed by atoms with van der Waals surface area (Å²) in [6.45, 7) is 0. The van der Waals surface area contributed by atoms with Gasteiger partial charge in [-0.25, -0.2) is 0 Å². The lowest BCUT2D eigenvalue weighted by Crippen LogP contribution is -2.10. The van der Waals surface area contributed by atoms with Gasteiger partial charge >= 0.3 is 0 Å². The third kappa shape index (κ3) is 3.38. The Morgan fingerprint density at radius 3 is 3.23 bits per heavy atom. The van der Waals surface area contributed by atoms with Crippen LogP contribution in [0.1, 0.15) is 19.3 Å². The second-order valence-corrected chi connectivity index (χ2v) is 2.44. The first-order valence-electron chi connectivity index (χ1n) is 3.90. The third-order valence-corrected chi connectivity index (χ3v) is 1.40. The Balaban J connectivity index is 2.23. The molecule has 0 unspecified atom stereocenters. The molecule has 0 aromatic carbocycles. The molecule has 1 aromatic heterocycles. The van der Waals surface area contributed by atoms with Gasteiger partial charge < -0.3 is 9.84 Å². The maximum absolute atomic E-state index is 11.1. The molecular weight excluding hydrogens is 170 g/mol. The van der Waals surface area contributed by atoms with Gasteiger partial charge in [0.1, 0.15) is 6.26 Å². The molecule has 5 heteroatoms. The van der Waals surface area contributed by atoms with Crippen LogP contribution < -0.4 is 5.32 Å². The van der Waals surface area contributed by atoms with E-state index >= 15 is 0 Å². The Kier molecular flexibility index (Phi) is 3.51. The first-order chi connectivity index (χ1) is 6.33. The zero-order chi connectivity index (χ0) is 9.52. The molecule has 0 aliphatic rings. The minimum absolute atomic E-state index is 0.149. The van der Waals surface area contributed by atoms with Crippen molar-refractivity contribution in [3.63, 3.8) is 0 Å². The highest BCUT2D eigenvalue weighted by molar-refractivity contribution is 5.89. The Bertz CT molecular complexity index is 300. The third-order valence-electron chi connectivity index (χ3n) is 1.40. The second kappa shape index (κ2) is 4.93. The molecule has 68 valence electrons. The quantitative estimate of drug-likeness (QED) is 0.706. The molecule has 13 heavy (non-hydrogen) atoms. The second-order valence-electron chi connectivity index (χ2n) is 2.44. The zero-order valence-corrected chi connectivity index (χ0v) is 6.99. The van der Waals surface area contributed by atoms with Crippen LogP contribution in [0.5, 0.6) is 0 Å². The van der Waals surface area contributed by atoms with Gasteiger partial charge in [-0.2, -0.15) is 5.26 Å². The number of hydrogen-bond acceptors (Lipinski definition) is 4. The Morgan fingerprint density at radius 2 is 2.62 bits per heavy atom. The number of nitrogens with one attached hydrogen (secondary N) is 1. The molecule has 0 spiro atoms. The lowest BCUT2D eigenvalue weighted by atomic mass is 10.2. The Hall–Kier alpha value is -1.83. The van der Waals surface area contributed by atoms with E-state index in [-0.39, 0.29) is 5.91 Å². The van der Waals surface area contributed by atoms with Crippen LogP contribution in [0.4, 0.5) is 5.82 Å². The van der Waals surface area contributed by atoms with Crippen LogP contribution in [0.15, 0.2) is 16.9 Å². The summed E-state index contributed by atoms with van der Waals surface area (Å²) in [5, 5.41) is 14.3. The number of nitrogens with zero attached hydrogens (tertiary/aromatic N) is 2. The van der Waals surface area contributed by atoms with E-state index in [0.29, 0.717) is 25.1 Å². The van der Waals surface area contributed by atoms with Crippen LogP contribution in [-0.4, -0.2) is 11.1 Å². The van der Waals surface area contributed by atoms with Crippen molar-refractivity contribution >= 4 is 11.7 Å². The summed E-state index contributed by atoms with van der Waals surface area (Å²) in [4.78, 5) is 11.1. The molecule has 0 aliphatic carbocycles. The number of nitriles is 1. The van der Waals surface area contributed by atoms with Crippen LogP contribution in [-0.2, 0) is 4.79 Å². The van der Waals surface area contributed by atoms with E-state index in [0.717, 1.165) is 0 Å². The zero-order valence-electron chi connectivity index (χ0n) is 6.99. The summed E-state index contributed by atoms with van der Waals surface area (Å²) in [7, 11) is 0. The molecule has 0 atom stereocenters. The molecule has 1 heterocycles. The minimum Gasteiger partial charge on any atom is -0.363 e. The average Bonchev–Trinajstić information content (AvgIpc) is 2.57. The number of aromatic nitrogens is 1. The van der Waals surface area contributed by atoms with Gasteiger partial charge in [0.05, 0.1) is 6.07 Å². The maximum atomic E-state index is 11.1. The fourth-order valence-corrected chi connectivity index (χ4v) is 0.810. The first-order valence-corrected chi connectivity index (χ1v) is 3.90. The summed E-state index contributed by atoms with van der Waals surface area (Å²) >= 11 is 0. The maximum Gasteiger partial charge on any atom is 0.225 e. The molecule has 0 aliphatic heterocycles. The highest BCUT2D eigenvalue weighted by atomic mass is 16.5. The van der Waals surface area contributed by atoms with Crippen molar-refractivity contribution in [3.8, 4) is 6.07 Å². The van der Waals surface area contributed by atoms with E-state index in [1.165, 1.54) is 6.26 Å². The van der Waals surface area contributed by atoms with E-state index in [1.54, 1.807) is 6.07 Å². The predicted molar refractivity (Wildman–Crippen MR) is 44.6 cm³/mol. The van der Waals surface area contributed by atoms with Crippen molar-refractivity contribution in [1.82, 2.24) is 5.16 Å². The van der Waals surface area contributed by atoms with Gasteiger partial charge in [-0.15, -0.1) is 0 Å². The average molecular weight is 179 g/mol. The standard InChI is InChI=1S/C8H9N3O2/c9-5-2-1-3-8(12)10-7-4-6-13-11-7/h4,6H,1-3H2,(H,10,11,12). The summed E-state index contributed by atoms with van der Waals surface area (Å²) in [6, 6.07) is 3.53. The van der Waals surface area contributed by atoms with Gasteiger partial charge in [0.2, 0.25) is 5.91 Å². The number of unbranched alkanes of at least 4 members (excludes halogenated alkanes) is 1. The highest BCUT2D eigenvalue weighted by Gasteiger charge is 2.03. The number of hydrogen-bond donors (Lipinski definition) is 1. The van der Waals surface area contributed by atoms with Crippen LogP contribution >= 0.6 is 0 Å². The molecule has 1 rings (SSSR count). The predicted octanol–water partition coefficient (Wildman–Crippen LogP) is 1.31. The summed E-state index contributed by atoms with van der Waals surface area (Å²) in [5.41, 5.74) is 0. The molecule has 0 saturated heterocycles. The minimum atomic E-state index is -0.149. The molecule has 0 fully saturated rings. The van der Waals surface area contributed by atoms with E-state index in [9.17, 15) is 4.79 Å². The molecular formula is C8H9N3O2. The summed E-state index contributed by atoms with van der Waals surface area (Å²) in [6.07, 6.45) is 2.68. The largest absolute Gasteiger partial charge is 0.363 e. The number of carbonyl (C=O) groups is 1. The normalized spacial score (nSPS) is 9.15. The number of rotatable bonds is 4. The van der Waals surface area contributed by atoms with Crippen molar-refractivity contribution in [2.24, 2.45) is 0 Å². The number of anilines is 1. The van der Waals surface area contributed by atoms with Crippen molar-refractivity contribution in [3.05, 3.63) is 12.3 Å². The smallest absolute Gasteiger partial charge is 0.225 e. The van der Waals surface area contributed by atoms with Gasteiger partial charge in [0.25, 0.3) is 0 Å².